The van der Waals surface area contributed by atoms with Crippen molar-refractivity contribution in [3.63, 3.8) is 0 Å². The summed E-state index contributed by atoms with van der Waals surface area (Å²) < 4.78 is 2.21. The Morgan fingerprint density at radius 2 is 1.95 bits per heavy atom. The molecule has 3 rings (SSSR count). The van der Waals surface area contributed by atoms with Crippen LogP contribution in [0.4, 0.5) is 0 Å². The second-order valence-electron chi connectivity index (χ2n) is 5.21. The fourth-order valence-corrected chi connectivity index (χ4v) is 2.49. The highest BCUT2D eigenvalue weighted by Gasteiger charge is 2.05. The Hall–Kier alpha value is -2.20. The Morgan fingerprint density at radius 3 is 2.81 bits per heavy atom. The third-order valence-electron chi connectivity index (χ3n) is 3.69. The van der Waals surface area contributed by atoms with E-state index in [4.69, 9.17) is 0 Å². The summed E-state index contributed by atoms with van der Waals surface area (Å²) in [6.45, 7) is 4.08. The maximum absolute atomic E-state index is 4.41. The van der Waals surface area contributed by atoms with E-state index in [2.05, 4.69) is 45.0 Å². The summed E-state index contributed by atoms with van der Waals surface area (Å²) in [5.74, 6) is 0. The lowest BCUT2D eigenvalue weighted by Gasteiger charge is -2.13. The Balaban J connectivity index is 1.50. The first-order valence-electron chi connectivity index (χ1n) is 7.39. The van der Waals surface area contributed by atoms with Crippen LogP contribution in [-0.2, 0) is 6.54 Å². The third-order valence-corrected chi connectivity index (χ3v) is 3.69. The van der Waals surface area contributed by atoms with Crippen LogP contribution in [0.2, 0.25) is 0 Å². The zero-order chi connectivity index (χ0) is 14.5. The average Bonchev–Trinajstić information content (AvgIpc) is 2.95. The topological polar surface area (TPSA) is 42.7 Å². The number of hydrogen-bond donors (Lipinski definition) is 1. The molecule has 1 atom stereocenters. The van der Waals surface area contributed by atoms with E-state index < -0.39 is 0 Å². The van der Waals surface area contributed by atoms with Crippen LogP contribution in [0.3, 0.4) is 0 Å². The van der Waals surface area contributed by atoms with Gasteiger partial charge in [0.15, 0.2) is 0 Å². The average molecular weight is 280 g/mol. The molecule has 4 nitrogen and oxygen atoms in total. The summed E-state index contributed by atoms with van der Waals surface area (Å²) in [6, 6.07) is 14.6. The fourth-order valence-electron chi connectivity index (χ4n) is 2.49. The molecule has 0 amide bonds. The summed E-state index contributed by atoms with van der Waals surface area (Å²) in [5, 5.41) is 3.51. The van der Waals surface area contributed by atoms with Gasteiger partial charge in [0.2, 0.25) is 0 Å². The monoisotopic (exact) mass is 280 g/mol. The predicted molar refractivity (Wildman–Crippen MR) is 85.0 cm³/mol. The van der Waals surface area contributed by atoms with Crippen molar-refractivity contribution in [3.05, 3.63) is 60.7 Å². The first kappa shape index (κ1) is 13.8. The number of pyridine rings is 1. The first-order valence-corrected chi connectivity index (χ1v) is 7.39. The minimum absolute atomic E-state index is 0.283. The molecule has 0 radical (unpaired) electrons. The van der Waals surface area contributed by atoms with Gasteiger partial charge in [-0.2, -0.15) is 0 Å². The van der Waals surface area contributed by atoms with Crippen molar-refractivity contribution in [3.8, 4) is 0 Å². The van der Waals surface area contributed by atoms with E-state index >= 15 is 0 Å². The molecule has 2 heterocycles. The smallest absolute Gasteiger partial charge is 0.0958 e. The molecule has 4 heteroatoms. The molecule has 108 valence electrons. The normalized spacial score (nSPS) is 12.6. The number of hydrogen-bond acceptors (Lipinski definition) is 3. The minimum Gasteiger partial charge on any atom is -0.331 e. The van der Waals surface area contributed by atoms with E-state index in [1.54, 1.807) is 0 Å². The zero-order valence-corrected chi connectivity index (χ0v) is 12.2. The number of aromatic nitrogens is 3. The number of para-hydroxylation sites is 2. The second kappa shape index (κ2) is 6.50. The molecule has 0 bridgehead atoms. The van der Waals surface area contributed by atoms with Gasteiger partial charge in [0, 0.05) is 18.8 Å². The number of imidazole rings is 1. The Labute approximate surface area is 124 Å². The van der Waals surface area contributed by atoms with Gasteiger partial charge in [0.25, 0.3) is 0 Å². The van der Waals surface area contributed by atoms with Gasteiger partial charge in [-0.1, -0.05) is 18.2 Å². The SMILES string of the molecule is CC(NCCCn1cnc2ccccc21)c1ccccn1. The largest absolute Gasteiger partial charge is 0.331 e. The van der Waals surface area contributed by atoms with E-state index in [1.807, 2.05) is 36.8 Å². The Morgan fingerprint density at radius 1 is 1.10 bits per heavy atom. The lowest BCUT2D eigenvalue weighted by Crippen LogP contribution is -2.21. The van der Waals surface area contributed by atoms with Crippen molar-refractivity contribution in [2.75, 3.05) is 6.54 Å². The molecular formula is C17H20N4. The lowest BCUT2D eigenvalue weighted by molar-refractivity contribution is 0.522. The van der Waals surface area contributed by atoms with Crippen LogP contribution in [-0.4, -0.2) is 21.1 Å². The maximum atomic E-state index is 4.41. The van der Waals surface area contributed by atoms with Gasteiger partial charge in [0.05, 0.1) is 23.1 Å². The summed E-state index contributed by atoms with van der Waals surface area (Å²) in [5.41, 5.74) is 3.35. The molecule has 1 N–H and O–H groups in total. The van der Waals surface area contributed by atoms with Crippen LogP contribution in [0.25, 0.3) is 11.0 Å². The quantitative estimate of drug-likeness (QED) is 0.705. The van der Waals surface area contributed by atoms with Crippen LogP contribution >= 0.6 is 0 Å². The molecular weight excluding hydrogens is 260 g/mol. The Kier molecular flexibility index (Phi) is 4.26. The molecule has 21 heavy (non-hydrogen) atoms. The van der Waals surface area contributed by atoms with E-state index in [9.17, 15) is 0 Å². The number of aryl methyl sites for hydroxylation is 1. The van der Waals surface area contributed by atoms with Crippen LogP contribution in [0.15, 0.2) is 55.0 Å². The summed E-state index contributed by atoms with van der Waals surface area (Å²) in [7, 11) is 0. The van der Waals surface area contributed by atoms with Crippen molar-refractivity contribution in [1.82, 2.24) is 19.9 Å². The number of nitrogens with one attached hydrogen (secondary N) is 1. The van der Waals surface area contributed by atoms with E-state index in [1.165, 1.54) is 5.52 Å². The highest BCUT2D eigenvalue weighted by atomic mass is 15.0. The van der Waals surface area contributed by atoms with Gasteiger partial charge < -0.3 is 9.88 Å². The standard InChI is InChI=1S/C17H20N4/c1-14(15-7-4-5-10-19-15)18-11-6-12-21-13-20-16-8-2-3-9-17(16)21/h2-5,7-10,13-14,18H,6,11-12H2,1H3. The van der Waals surface area contributed by atoms with Gasteiger partial charge in [0.1, 0.15) is 0 Å². The molecule has 3 aromatic rings. The van der Waals surface area contributed by atoms with Crippen LogP contribution in [0, 0.1) is 0 Å². The highest BCUT2D eigenvalue weighted by Crippen LogP contribution is 2.12. The first-order chi connectivity index (χ1) is 10.3. The molecule has 0 fully saturated rings. The fraction of sp³-hybridized carbons (Fsp3) is 0.294. The molecule has 0 aliphatic rings. The number of benzene rings is 1. The van der Waals surface area contributed by atoms with Crippen molar-refractivity contribution >= 4 is 11.0 Å². The van der Waals surface area contributed by atoms with Crippen LogP contribution in [0.5, 0.6) is 0 Å². The minimum atomic E-state index is 0.283. The highest BCUT2D eigenvalue weighted by molar-refractivity contribution is 5.74. The van der Waals surface area contributed by atoms with Crippen LogP contribution in [0.1, 0.15) is 25.1 Å². The molecule has 0 saturated heterocycles. The molecule has 0 aliphatic heterocycles. The third kappa shape index (κ3) is 3.28. The molecule has 0 aliphatic carbocycles. The predicted octanol–water partition coefficient (Wildman–Crippen LogP) is 3.17. The van der Waals surface area contributed by atoms with Crippen molar-refractivity contribution in [2.45, 2.75) is 25.9 Å². The second-order valence-corrected chi connectivity index (χ2v) is 5.21. The van der Waals surface area contributed by atoms with E-state index in [0.29, 0.717) is 0 Å². The van der Waals surface area contributed by atoms with Gasteiger partial charge in [-0.05, 0) is 44.2 Å². The molecule has 0 spiro atoms. The van der Waals surface area contributed by atoms with Crippen molar-refractivity contribution in [2.24, 2.45) is 0 Å². The summed E-state index contributed by atoms with van der Waals surface area (Å²) >= 11 is 0. The molecule has 1 aromatic carbocycles. The zero-order valence-electron chi connectivity index (χ0n) is 12.2. The van der Waals surface area contributed by atoms with Gasteiger partial charge in [-0.15, -0.1) is 0 Å². The van der Waals surface area contributed by atoms with Gasteiger partial charge >= 0.3 is 0 Å². The Bertz CT molecular complexity index is 690. The van der Waals surface area contributed by atoms with Crippen molar-refractivity contribution < 1.29 is 0 Å². The summed E-state index contributed by atoms with van der Waals surface area (Å²) in [4.78, 5) is 8.78. The van der Waals surface area contributed by atoms with Crippen LogP contribution < -0.4 is 5.32 Å². The lowest BCUT2D eigenvalue weighted by atomic mass is 10.2. The maximum Gasteiger partial charge on any atom is 0.0958 e. The number of nitrogens with zero attached hydrogens (tertiary/aromatic N) is 3. The number of rotatable bonds is 6. The van der Waals surface area contributed by atoms with E-state index in [0.717, 1.165) is 30.7 Å². The molecule has 1 unspecified atom stereocenters. The molecule has 2 aromatic heterocycles. The molecule has 0 saturated carbocycles. The van der Waals surface area contributed by atoms with E-state index in [-0.39, 0.29) is 6.04 Å². The van der Waals surface area contributed by atoms with Crippen molar-refractivity contribution in [1.29, 1.82) is 0 Å². The van der Waals surface area contributed by atoms with Gasteiger partial charge in [-0.3, -0.25) is 4.98 Å². The number of fused-ring (bicyclic) bond motifs is 1. The summed E-state index contributed by atoms with van der Waals surface area (Å²) in [6.07, 6.45) is 4.83. The van der Waals surface area contributed by atoms with Gasteiger partial charge in [-0.25, -0.2) is 4.98 Å².